The molecule has 1 N–H and O–H groups in total. The van der Waals surface area contributed by atoms with Gasteiger partial charge in [0.05, 0.1) is 12.1 Å². The molecule has 0 amide bonds. The van der Waals surface area contributed by atoms with Gasteiger partial charge >= 0.3 is 0 Å². The number of nitrogens with zero attached hydrogens (tertiary/aromatic N) is 1. The van der Waals surface area contributed by atoms with Crippen LogP contribution in [0.2, 0.25) is 0 Å². The quantitative estimate of drug-likeness (QED) is 0.741. The number of hydrogen-bond donors (Lipinski definition) is 1. The first-order valence-corrected chi connectivity index (χ1v) is 9.00. The average molecular weight is 318 g/mol. The van der Waals surface area contributed by atoms with Gasteiger partial charge in [-0.05, 0) is 55.6 Å². The van der Waals surface area contributed by atoms with Crippen LogP contribution < -0.4 is 10.1 Å². The molecule has 0 atom stereocenters. The van der Waals surface area contributed by atoms with Crippen molar-refractivity contribution in [3.63, 3.8) is 0 Å². The maximum atomic E-state index is 5.94. The topological polar surface area (TPSA) is 26.2 Å². The summed E-state index contributed by atoms with van der Waals surface area (Å²) in [5.41, 5.74) is 7.03. The fourth-order valence-electron chi connectivity index (χ4n) is 4.33. The molecule has 5 rings (SSSR count). The molecule has 0 spiro atoms. The molecule has 24 heavy (non-hydrogen) atoms. The molecule has 0 unspecified atom stereocenters. The van der Waals surface area contributed by atoms with Crippen LogP contribution in [-0.4, -0.2) is 24.3 Å². The van der Waals surface area contributed by atoms with Gasteiger partial charge in [-0.15, -0.1) is 0 Å². The lowest BCUT2D eigenvalue weighted by Crippen LogP contribution is -2.17. The standard InChI is InChI=1S/C21H22N2O/c1-2-5-15(6-3-1)23-18-11-13-22-12-10-16(18)21-17-7-4-14-24-20(17)9-8-19(21)23/h1-3,5-6,8-9,22H,4,7,10-14H2. The molecule has 122 valence electrons. The zero-order chi connectivity index (χ0) is 15.9. The van der Waals surface area contributed by atoms with Gasteiger partial charge < -0.3 is 14.6 Å². The lowest BCUT2D eigenvalue weighted by Gasteiger charge is -2.19. The first-order valence-electron chi connectivity index (χ1n) is 9.00. The third kappa shape index (κ3) is 2.08. The van der Waals surface area contributed by atoms with Crippen LogP contribution in [0.25, 0.3) is 16.6 Å². The molecule has 0 saturated carbocycles. The highest BCUT2D eigenvalue weighted by atomic mass is 16.5. The van der Waals surface area contributed by atoms with E-state index in [1.807, 2.05) is 0 Å². The van der Waals surface area contributed by atoms with E-state index in [-0.39, 0.29) is 0 Å². The molecule has 3 heteroatoms. The van der Waals surface area contributed by atoms with Crippen LogP contribution in [-0.2, 0) is 19.3 Å². The van der Waals surface area contributed by atoms with Crippen LogP contribution in [0.4, 0.5) is 0 Å². The third-order valence-corrected chi connectivity index (χ3v) is 5.34. The third-order valence-electron chi connectivity index (χ3n) is 5.34. The lowest BCUT2D eigenvalue weighted by molar-refractivity contribution is 0.289. The second-order valence-electron chi connectivity index (χ2n) is 6.73. The zero-order valence-corrected chi connectivity index (χ0v) is 13.8. The van der Waals surface area contributed by atoms with Gasteiger partial charge in [0, 0.05) is 35.3 Å². The Morgan fingerprint density at radius 1 is 0.875 bits per heavy atom. The number of aryl methyl sites for hydroxylation is 1. The van der Waals surface area contributed by atoms with Crippen molar-refractivity contribution in [2.45, 2.75) is 25.7 Å². The van der Waals surface area contributed by atoms with E-state index < -0.39 is 0 Å². The van der Waals surface area contributed by atoms with Gasteiger partial charge in [-0.2, -0.15) is 0 Å². The largest absolute Gasteiger partial charge is 0.493 e. The maximum Gasteiger partial charge on any atom is 0.123 e. The van der Waals surface area contributed by atoms with Crippen molar-refractivity contribution in [3.05, 3.63) is 59.3 Å². The van der Waals surface area contributed by atoms with Gasteiger partial charge in [0.1, 0.15) is 5.75 Å². The van der Waals surface area contributed by atoms with Crippen LogP contribution in [0.1, 0.15) is 23.2 Å². The van der Waals surface area contributed by atoms with Crippen molar-refractivity contribution >= 4 is 10.9 Å². The van der Waals surface area contributed by atoms with Crippen molar-refractivity contribution in [1.29, 1.82) is 0 Å². The summed E-state index contributed by atoms with van der Waals surface area (Å²) in [5.74, 6) is 1.10. The number of para-hydroxylation sites is 1. The highest BCUT2D eigenvalue weighted by molar-refractivity contribution is 5.92. The normalized spacial score (nSPS) is 17.0. The van der Waals surface area contributed by atoms with E-state index in [4.69, 9.17) is 4.74 Å². The van der Waals surface area contributed by atoms with E-state index >= 15 is 0 Å². The minimum atomic E-state index is 0.849. The Balaban J connectivity index is 1.87. The number of aromatic nitrogens is 1. The number of ether oxygens (including phenoxy) is 1. The molecule has 3 nitrogen and oxygen atoms in total. The fraction of sp³-hybridized carbons (Fsp3) is 0.333. The first-order chi connectivity index (χ1) is 11.9. The molecule has 0 fully saturated rings. The van der Waals surface area contributed by atoms with Crippen molar-refractivity contribution in [2.75, 3.05) is 19.7 Å². The number of nitrogens with one attached hydrogen (secondary N) is 1. The Morgan fingerprint density at radius 2 is 1.75 bits per heavy atom. The Hall–Kier alpha value is -2.26. The van der Waals surface area contributed by atoms with E-state index in [1.54, 1.807) is 0 Å². The molecule has 2 aliphatic heterocycles. The molecule has 2 aliphatic rings. The molecule has 2 aromatic carbocycles. The second-order valence-corrected chi connectivity index (χ2v) is 6.73. The molecule has 1 aromatic heterocycles. The lowest BCUT2D eigenvalue weighted by atomic mass is 9.97. The molecule has 0 saturated heterocycles. The van der Waals surface area contributed by atoms with Crippen LogP contribution in [0, 0.1) is 0 Å². The van der Waals surface area contributed by atoms with Gasteiger partial charge in [0.25, 0.3) is 0 Å². The smallest absolute Gasteiger partial charge is 0.123 e. The van der Waals surface area contributed by atoms with Crippen LogP contribution >= 0.6 is 0 Å². The minimum absolute atomic E-state index is 0.849. The highest BCUT2D eigenvalue weighted by Gasteiger charge is 2.24. The Morgan fingerprint density at radius 3 is 2.67 bits per heavy atom. The van der Waals surface area contributed by atoms with E-state index in [2.05, 4.69) is 52.3 Å². The molecule has 0 radical (unpaired) electrons. The van der Waals surface area contributed by atoms with Crippen molar-refractivity contribution in [1.82, 2.24) is 9.88 Å². The molecule has 3 heterocycles. The predicted molar refractivity (Wildman–Crippen MR) is 97.4 cm³/mol. The summed E-state index contributed by atoms with van der Waals surface area (Å²) in [6.45, 7) is 2.96. The summed E-state index contributed by atoms with van der Waals surface area (Å²) in [5, 5.41) is 5.01. The number of rotatable bonds is 1. The van der Waals surface area contributed by atoms with Gasteiger partial charge in [0.15, 0.2) is 0 Å². The van der Waals surface area contributed by atoms with E-state index in [0.29, 0.717) is 0 Å². The summed E-state index contributed by atoms with van der Waals surface area (Å²) in [7, 11) is 0. The highest BCUT2D eigenvalue weighted by Crippen LogP contribution is 2.39. The second kappa shape index (κ2) is 5.67. The van der Waals surface area contributed by atoms with Crippen molar-refractivity contribution < 1.29 is 4.74 Å². The van der Waals surface area contributed by atoms with Gasteiger partial charge in [-0.1, -0.05) is 18.2 Å². The van der Waals surface area contributed by atoms with Gasteiger partial charge in [-0.3, -0.25) is 0 Å². The number of hydrogen-bond acceptors (Lipinski definition) is 2. The Labute approximate surface area is 142 Å². The minimum Gasteiger partial charge on any atom is -0.493 e. The number of fused-ring (bicyclic) bond motifs is 5. The van der Waals surface area contributed by atoms with Gasteiger partial charge in [0.2, 0.25) is 0 Å². The molecule has 0 bridgehead atoms. The predicted octanol–water partition coefficient (Wildman–Crippen LogP) is 3.64. The monoisotopic (exact) mass is 318 g/mol. The summed E-state index contributed by atoms with van der Waals surface area (Å²) in [4.78, 5) is 0. The molecule has 0 aliphatic carbocycles. The van der Waals surface area contributed by atoms with Crippen molar-refractivity contribution in [2.24, 2.45) is 0 Å². The molecular weight excluding hydrogens is 296 g/mol. The molecule has 3 aromatic rings. The van der Waals surface area contributed by atoms with E-state index in [0.717, 1.165) is 51.1 Å². The summed E-state index contributed by atoms with van der Waals surface area (Å²) >= 11 is 0. The van der Waals surface area contributed by atoms with Crippen LogP contribution in [0.15, 0.2) is 42.5 Å². The summed E-state index contributed by atoms with van der Waals surface area (Å²) in [6, 6.07) is 15.2. The summed E-state index contributed by atoms with van der Waals surface area (Å²) < 4.78 is 8.42. The SMILES string of the molecule is c1ccc(-n2c3c(c4c5c(ccc42)OCCC5)CCNCC3)cc1. The van der Waals surface area contributed by atoms with Gasteiger partial charge in [-0.25, -0.2) is 0 Å². The number of benzene rings is 2. The Kier molecular flexibility index (Phi) is 3.34. The van der Waals surface area contributed by atoms with Crippen LogP contribution in [0.3, 0.4) is 0 Å². The Bertz CT molecular complexity index is 895. The zero-order valence-electron chi connectivity index (χ0n) is 13.8. The average Bonchev–Trinajstić information content (AvgIpc) is 2.78. The fourth-order valence-corrected chi connectivity index (χ4v) is 4.33. The van der Waals surface area contributed by atoms with Crippen molar-refractivity contribution in [3.8, 4) is 11.4 Å². The van der Waals surface area contributed by atoms with Crippen LogP contribution in [0.5, 0.6) is 5.75 Å². The maximum absolute atomic E-state index is 5.94. The van der Waals surface area contributed by atoms with E-state index in [1.165, 1.54) is 33.4 Å². The molecular formula is C21H22N2O. The summed E-state index contributed by atoms with van der Waals surface area (Å²) in [6.07, 6.45) is 4.43. The van der Waals surface area contributed by atoms with E-state index in [9.17, 15) is 0 Å². The first kappa shape index (κ1) is 14.1.